The minimum atomic E-state index is -0.336. The van der Waals surface area contributed by atoms with Gasteiger partial charge in [-0.15, -0.1) is 10.2 Å². The van der Waals surface area contributed by atoms with Gasteiger partial charge in [0.2, 0.25) is 11.0 Å². The molecule has 0 aliphatic heterocycles. The Morgan fingerprint density at radius 1 is 1.33 bits per heavy atom. The summed E-state index contributed by atoms with van der Waals surface area (Å²) in [6.07, 6.45) is 4.94. The number of aromatic nitrogens is 2. The topological polar surface area (TPSA) is 66.9 Å². The van der Waals surface area contributed by atoms with Gasteiger partial charge < -0.3 is 10.6 Å². The number of rotatable bonds is 6. The molecule has 1 aromatic carbocycles. The van der Waals surface area contributed by atoms with Crippen LogP contribution in [0.4, 0.5) is 9.52 Å². The number of nitrogens with one attached hydrogen (secondary N) is 2. The summed E-state index contributed by atoms with van der Waals surface area (Å²) in [6.45, 7) is 0.480. The second-order valence-electron chi connectivity index (χ2n) is 5.76. The van der Waals surface area contributed by atoms with E-state index < -0.39 is 0 Å². The maximum atomic E-state index is 13.9. The van der Waals surface area contributed by atoms with Crippen molar-refractivity contribution in [3.8, 4) is 10.6 Å². The predicted octanol–water partition coefficient (Wildman–Crippen LogP) is 3.97. The summed E-state index contributed by atoms with van der Waals surface area (Å²) in [6, 6.07) is 5.04. The summed E-state index contributed by atoms with van der Waals surface area (Å²) < 4.78 is 14.6. The SMILES string of the molecule is O=C(CCNc1nnc(-c2cc(Br)ccc2F)s1)NC1CCCC1. The van der Waals surface area contributed by atoms with E-state index in [1.54, 1.807) is 12.1 Å². The minimum absolute atomic E-state index is 0.0529. The zero-order valence-corrected chi connectivity index (χ0v) is 15.4. The first kappa shape index (κ1) is 17.3. The van der Waals surface area contributed by atoms with Crippen LogP contribution >= 0.6 is 27.3 Å². The van der Waals surface area contributed by atoms with Crippen LogP contribution in [-0.4, -0.2) is 28.7 Å². The van der Waals surface area contributed by atoms with E-state index >= 15 is 0 Å². The molecule has 1 amide bonds. The third-order valence-corrected chi connectivity index (χ3v) is 5.34. The molecule has 0 radical (unpaired) electrons. The van der Waals surface area contributed by atoms with Crippen molar-refractivity contribution >= 4 is 38.3 Å². The first-order valence-corrected chi connectivity index (χ1v) is 9.55. The summed E-state index contributed by atoms with van der Waals surface area (Å²) >= 11 is 4.59. The fourth-order valence-electron chi connectivity index (χ4n) is 2.72. The van der Waals surface area contributed by atoms with Crippen LogP contribution in [0, 0.1) is 5.82 Å². The van der Waals surface area contributed by atoms with Crippen molar-refractivity contribution < 1.29 is 9.18 Å². The highest BCUT2D eigenvalue weighted by atomic mass is 79.9. The van der Waals surface area contributed by atoms with Crippen LogP contribution in [0.1, 0.15) is 32.1 Å². The highest BCUT2D eigenvalue weighted by Crippen LogP contribution is 2.30. The number of halogens is 2. The highest BCUT2D eigenvalue weighted by Gasteiger charge is 2.17. The molecule has 5 nitrogen and oxygen atoms in total. The van der Waals surface area contributed by atoms with E-state index in [0.29, 0.717) is 34.7 Å². The second-order valence-corrected chi connectivity index (χ2v) is 7.66. The van der Waals surface area contributed by atoms with Crippen LogP contribution < -0.4 is 10.6 Å². The van der Waals surface area contributed by atoms with Gasteiger partial charge in [-0.25, -0.2) is 4.39 Å². The molecule has 1 heterocycles. The smallest absolute Gasteiger partial charge is 0.221 e. The predicted molar refractivity (Wildman–Crippen MR) is 96.5 cm³/mol. The van der Waals surface area contributed by atoms with E-state index in [9.17, 15) is 9.18 Å². The van der Waals surface area contributed by atoms with Gasteiger partial charge in [0, 0.05) is 29.0 Å². The summed E-state index contributed by atoms with van der Waals surface area (Å²) in [5, 5.41) is 15.2. The van der Waals surface area contributed by atoms with Crippen molar-refractivity contribution in [1.29, 1.82) is 0 Å². The van der Waals surface area contributed by atoms with Crippen LogP contribution in [-0.2, 0) is 4.79 Å². The number of amides is 1. The molecule has 1 aliphatic carbocycles. The average molecular weight is 413 g/mol. The van der Waals surface area contributed by atoms with Gasteiger partial charge in [0.25, 0.3) is 0 Å². The maximum absolute atomic E-state index is 13.9. The number of hydrogen-bond donors (Lipinski definition) is 2. The van der Waals surface area contributed by atoms with Crippen molar-refractivity contribution in [1.82, 2.24) is 15.5 Å². The standard InChI is InChI=1S/C16H18BrFN4OS/c17-10-5-6-13(18)12(9-10)15-21-22-16(24-15)19-8-7-14(23)20-11-3-1-2-4-11/h5-6,9,11H,1-4,7-8H2,(H,19,22)(H,20,23). The number of carbonyl (C=O) groups excluding carboxylic acids is 1. The van der Waals surface area contributed by atoms with Crippen molar-refractivity contribution in [3.63, 3.8) is 0 Å². The Bertz CT molecular complexity index is 718. The lowest BCUT2D eigenvalue weighted by molar-refractivity contribution is -0.121. The molecule has 0 atom stereocenters. The number of carbonyl (C=O) groups is 1. The molecule has 0 unspecified atom stereocenters. The van der Waals surface area contributed by atoms with Gasteiger partial charge in [-0.2, -0.15) is 0 Å². The van der Waals surface area contributed by atoms with Gasteiger partial charge in [0.1, 0.15) is 5.82 Å². The van der Waals surface area contributed by atoms with E-state index in [4.69, 9.17) is 0 Å². The van der Waals surface area contributed by atoms with E-state index in [-0.39, 0.29) is 11.7 Å². The second kappa shape index (κ2) is 8.02. The zero-order valence-electron chi connectivity index (χ0n) is 13.0. The van der Waals surface area contributed by atoms with Crippen LogP contribution in [0.25, 0.3) is 10.6 Å². The fraction of sp³-hybridized carbons (Fsp3) is 0.438. The first-order chi connectivity index (χ1) is 11.6. The largest absolute Gasteiger partial charge is 0.360 e. The summed E-state index contributed by atoms with van der Waals surface area (Å²) in [7, 11) is 0. The Hall–Kier alpha value is -1.54. The third kappa shape index (κ3) is 4.51. The molecule has 1 aromatic heterocycles. The Morgan fingerprint density at radius 3 is 2.92 bits per heavy atom. The number of benzene rings is 1. The fourth-order valence-corrected chi connectivity index (χ4v) is 3.87. The lowest BCUT2D eigenvalue weighted by atomic mass is 10.2. The molecule has 1 aliphatic rings. The van der Waals surface area contributed by atoms with E-state index in [0.717, 1.165) is 17.3 Å². The van der Waals surface area contributed by atoms with Gasteiger partial charge in [-0.05, 0) is 31.0 Å². The van der Waals surface area contributed by atoms with Crippen LogP contribution in [0.5, 0.6) is 0 Å². The molecule has 0 spiro atoms. The zero-order chi connectivity index (χ0) is 16.9. The molecule has 3 rings (SSSR count). The summed E-state index contributed by atoms with van der Waals surface area (Å²) in [5.41, 5.74) is 0.411. The molecule has 0 bridgehead atoms. The molecule has 1 fully saturated rings. The molecular formula is C16H18BrFN4OS. The molecule has 2 N–H and O–H groups in total. The van der Waals surface area contributed by atoms with Crippen molar-refractivity contribution in [2.75, 3.05) is 11.9 Å². The van der Waals surface area contributed by atoms with Crippen molar-refractivity contribution in [2.24, 2.45) is 0 Å². The molecule has 24 heavy (non-hydrogen) atoms. The maximum Gasteiger partial charge on any atom is 0.221 e. The van der Waals surface area contributed by atoms with Crippen LogP contribution in [0.2, 0.25) is 0 Å². The van der Waals surface area contributed by atoms with E-state index in [1.165, 1.54) is 30.2 Å². The molecule has 8 heteroatoms. The third-order valence-electron chi connectivity index (χ3n) is 3.93. The Morgan fingerprint density at radius 2 is 2.12 bits per heavy atom. The van der Waals surface area contributed by atoms with Gasteiger partial charge >= 0.3 is 0 Å². The van der Waals surface area contributed by atoms with Crippen LogP contribution in [0.15, 0.2) is 22.7 Å². The van der Waals surface area contributed by atoms with E-state index in [1.807, 2.05) is 0 Å². The molecule has 1 saturated carbocycles. The number of anilines is 1. The Balaban J connectivity index is 1.51. The summed E-state index contributed by atoms with van der Waals surface area (Å²) in [5.74, 6) is -0.283. The normalized spacial score (nSPS) is 14.8. The first-order valence-electron chi connectivity index (χ1n) is 7.94. The lowest BCUT2D eigenvalue weighted by Crippen LogP contribution is -2.33. The van der Waals surface area contributed by atoms with Crippen LogP contribution in [0.3, 0.4) is 0 Å². The van der Waals surface area contributed by atoms with Gasteiger partial charge in [0.15, 0.2) is 5.01 Å². The lowest BCUT2D eigenvalue weighted by Gasteiger charge is -2.11. The van der Waals surface area contributed by atoms with Gasteiger partial charge in [0.05, 0.1) is 0 Å². The monoisotopic (exact) mass is 412 g/mol. The quantitative estimate of drug-likeness (QED) is 0.752. The highest BCUT2D eigenvalue weighted by molar-refractivity contribution is 9.10. The number of hydrogen-bond acceptors (Lipinski definition) is 5. The summed E-state index contributed by atoms with van der Waals surface area (Å²) in [4.78, 5) is 11.9. The Labute approximate surface area is 152 Å². The van der Waals surface area contributed by atoms with Gasteiger partial charge in [-0.1, -0.05) is 40.1 Å². The molecular weight excluding hydrogens is 395 g/mol. The van der Waals surface area contributed by atoms with Gasteiger partial charge in [-0.3, -0.25) is 4.79 Å². The molecule has 128 valence electrons. The van der Waals surface area contributed by atoms with E-state index in [2.05, 4.69) is 36.8 Å². The molecule has 2 aromatic rings. The Kier molecular flexibility index (Phi) is 5.78. The minimum Gasteiger partial charge on any atom is -0.360 e. The average Bonchev–Trinajstić information content (AvgIpc) is 3.21. The number of nitrogens with zero attached hydrogens (tertiary/aromatic N) is 2. The molecule has 0 saturated heterocycles. The van der Waals surface area contributed by atoms with Crippen molar-refractivity contribution in [3.05, 3.63) is 28.5 Å². The van der Waals surface area contributed by atoms with Crippen molar-refractivity contribution in [2.45, 2.75) is 38.1 Å².